The number of rotatable bonds is 2. The van der Waals surface area contributed by atoms with E-state index in [9.17, 15) is 14.7 Å². The standard InChI is InChI=1S/C16H11ClNO4/c1-22-16(21)12-2-8-4-15(20)18-6-13(8)11-5-14(17)9(7-19)3-10(11)12/h2-6,19H,7H2,1H3. The van der Waals surface area contributed by atoms with E-state index < -0.39 is 5.97 Å². The minimum absolute atomic E-state index is 0.245. The molecule has 3 rings (SSSR count). The molecule has 0 atom stereocenters. The lowest BCUT2D eigenvalue weighted by atomic mass is 9.97. The Labute approximate surface area is 130 Å². The number of amides is 1. The van der Waals surface area contributed by atoms with Crippen molar-refractivity contribution in [2.75, 3.05) is 7.11 Å². The first-order valence-corrected chi connectivity index (χ1v) is 6.84. The monoisotopic (exact) mass is 316 g/mol. The van der Waals surface area contributed by atoms with E-state index >= 15 is 0 Å². The van der Waals surface area contributed by atoms with Crippen molar-refractivity contribution in [2.45, 2.75) is 6.61 Å². The van der Waals surface area contributed by atoms with Crippen molar-refractivity contribution < 1.29 is 19.4 Å². The van der Waals surface area contributed by atoms with Crippen LogP contribution in [0.25, 0.3) is 23.0 Å². The predicted molar refractivity (Wildman–Crippen MR) is 81.5 cm³/mol. The molecule has 6 heteroatoms. The summed E-state index contributed by atoms with van der Waals surface area (Å²) in [6.07, 6.45) is 2.81. The predicted octanol–water partition coefficient (Wildman–Crippen LogP) is 0.435. The zero-order chi connectivity index (χ0) is 15.9. The van der Waals surface area contributed by atoms with Crippen molar-refractivity contribution in [3.05, 3.63) is 44.8 Å². The molecule has 0 saturated heterocycles. The number of aliphatic hydroxyl groups is 1. The number of carbonyl (C=O) groups is 2. The Morgan fingerprint density at radius 2 is 2.09 bits per heavy atom. The van der Waals surface area contributed by atoms with Crippen molar-refractivity contribution in [1.82, 2.24) is 5.32 Å². The number of methoxy groups -OCH3 is 1. The Hall–Kier alpha value is -2.37. The molecule has 2 aromatic carbocycles. The van der Waals surface area contributed by atoms with Gasteiger partial charge in [0.15, 0.2) is 0 Å². The highest BCUT2D eigenvalue weighted by Crippen LogP contribution is 2.24. The highest BCUT2D eigenvalue weighted by Gasteiger charge is 2.16. The average Bonchev–Trinajstić information content (AvgIpc) is 2.52. The van der Waals surface area contributed by atoms with Gasteiger partial charge in [-0.3, -0.25) is 4.79 Å². The molecule has 1 aliphatic heterocycles. The Kier molecular flexibility index (Phi) is 3.60. The summed E-state index contributed by atoms with van der Waals surface area (Å²) in [5, 5.41) is 16.1. The van der Waals surface area contributed by atoms with Crippen LogP contribution < -0.4 is 15.8 Å². The third-order valence-electron chi connectivity index (χ3n) is 3.55. The molecule has 1 amide bonds. The molecule has 1 heterocycles. The van der Waals surface area contributed by atoms with Gasteiger partial charge in [-0.25, -0.2) is 10.1 Å². The highest BCUT2D eigenvalue weighted by molar-refractivity contribution is 6.32. The van der Waals surface area contributed by atoms with Gasteiger partial charge in [-0.15, -0.1) is 0 Å². The van der Waals surface area contributed by atoms with Gasteiger partial charge in [0.2, 0.25) is 0 Å². The Morgan fingerprint density at radius 1 is 1.32 bits per heavy atom. The number of hydrogen-bond donors (Lipinski definition) is 1. The van der Waals surface area contributed by atoms with Crippen molar-refractivity contribution in [1.29, 1.82) is 0 Å². The van der Waals surface area contributed by atoms with Gasteiger partial charge in [0, 0.05) is 22.5 Å². The van der Waals surface area contributed by atoms with Gasteiger partial charge in [0.1, 0.15) is 0 Å². The van der Waals surface area contributed by atoms with E-state index in [2.05, 4.69) is 5.32 Å². The second-order valence-corrected chi connectivity index (χ2v) is 5.21. The Bertz CT molecular complexity index is 934. The van der Waals surface area contributed by atoms with E-state index in [4.69, 9.17) is 16.3 Å². The third kappa shape index (κ3) is 2.24. The van der Waals surface area contributed by atoms with Crippen LogP contribution in [0.4, 0.5) is 0 Å². The van der Waals surface area contributed by atoms with Crippen molar-refractivity contribution in [3.63, 3.8) is 0 Å². The number of hydrogen-bond acceptors (Lipinski definition) is 4. The van der Waals surface area contributed by atoms with Crippen LogP contribution in [-0.2, 0) is 16.1 Å². The van der Waals surface area contributed by atoms with Gasteiger partial charge < -0.3 is 9.84 Å². The van der Waals surface area contributed by atoms with E-state index in [0.29, 0.717) is 37.4 Å². The number of ether oxygens (including phenoxy) is 1. The first kappa shape index (κ1) is 14.6. The van der Waals surface area contributed by atoms with E-state index in [0.717, 1.165) is 0 Å². The number of benzene rings is 2. The number of nitrogens with zero attached hydrogens (tertiary/aromatic N) is 1. The summed E-state index contributed by atoms with van der Waals surface area (Å²) in [5.74, 6) is -0.914. The third-order valence-corrected chi connectivity index (χ3v) is 3.91. The molecule has 0 aliphatic carbocycles. The number of carbonyl (C=O) groups excluding carboxylic acids is 2. The molecule has 5 nitrogen and oxygen atoms in total. The molecule has 111 valence electrons. The Balaban J connectivity index is 2.52. The van der Waals surface area contributed by atoms with Gasteiger partial charge >= 0.3 is 5.97 Å². The maximum absolute atomic E-state index is 12.0. The van der Waals surface area contributed by atoms with E-state index in [-0.39, 0.29) is 12.5 Å². The zero-order valence-electron chi connectivity index (χ0n) is 11.6. The maximum Gasteiger partial charge on any atom is 0.338 e. The first-order valence-electron chi connectivity index (χ1n) is 6.46. The quantitative estimate of drug-likeness (QED) is 0.815. The molecule has 0 aromatic heterocycles. The van der Waals surface area contributed by atoms with Crippen LogP contribution >= 0.6 is 11.6 Å². The second-order valence-electron chi connectivity index (χ2n) is 4.81. The van der Waals surface area contributed by atoms with Crippen LogP contribution in [-0.4, -0.2) is 24.1 Å². The summed E-state index contributed by atoms with van der Waals surface area (Å²) >= 11 is 6.14. The van der Waals surface area contributed by atoms with E-state index in [1.807, 2.05) is 0 Å². The smallest absolute Gasteiger partial charge is 0.338 e. The lowest BCUT2D eigenvalue weighted by Crippen LogP contribution is -2.34. The Morgan fingerprint density at radius 3 is 2.77 bits per heavy atom. The van der Waals surface area contributed by atoms with E-state index in [1.54, 1.807) is 18.2 Å². The lowest BCUT2D eigenvalue weighted by Gasteiger charge is -2.11. The molecular weight excluding hydrogens is 306 g/mol. The maximum atomic E-state index is 12.0. The van der Waals surface area contributed by atoms with Gasteiger partial charge in [-0.05, 0) is 39.8 Å². The summed E-state index contributed by atoms with van der Waals surface area (Å²) in [4.78, 5) is 23.5. The molecule has 0 fully saturated rings. The summed E-state index contributed by atoms with van der Waals surface area (Å²) in [6.45, 7) is -0.245. The summed E-state index contributed by atoms with van der Waals surface area (Å²) in [7, 11) is 1.28. The number of aliphatic hydroxyl groups excluding tert-OH is 1. The van der Waals surface area contributed by atoms with Crippen molar-refractivity contribution >= 4 is 46.5 Å². The molecule has 2 aromatic rings. The molecule has 1 aliphatic rings. The average molecular weight is 317 g/mol. The highest BCUT2D eigenvalue weighted by atomic mass is 35.5. The topological polar surface area (TPSA) is 77.7 Å². The van der Waals surface area contributed by atoms with Crippen LogP contribution in [0.1, 0.15) is 15.9 Å². The largest absolute Gasteiger partial charge is 0.465 e. The lowest BCUT2D eigenvalue weighted by molar-refractivity contribution is -0.114. The van der Waals surface area contributed by atoms with Crippen LogP contribution in [0, 0.1) is 0 Å². The molecule has 0 bridgehead atoms. The molecule has 1 N–H and O–H groups in total. The van der Waals surface area contributed by atoms with E-state index in [1.165, 1.54) is 19.4 Å². The van der Waals surface area contributed by atoms with Crippen molar-refractivity contribution in [3.8, 4) is 0 Å². The van der Waals surface area contributed by atoms with Crippen LogP contribution in [0.15, 0.2) is 18.2 Å². The summed E-state index contributed by atoms with van der Waals surface area (Å²) < 4.78 is 4.80. The van der Waals surface area contributed by atoms with Crippen LogP contribution in [0.2, 0.25) is 5.02 Å². The fraction of sp³-hybridized carbons (Fsp3) is 0.125. The molecule has 0 unspecified atom stereocenters. The van der Waals surface area contributed by atoms with Crippen molar-refractivity contribution in [2.24, 2.45) is 0 Å². The molecular formula is C16H11ClNO4. The van der Waals surface area contributed by atoms with Gasteiger partial charge in [-0.1, -0.05) is 11.6 Å². The minimum atomic E-state index is -0.526. The number of fused-ring (bicyclic) bond motifs is 3. The van der Waals surface area contributed by atoms with Gasteiger partial charge in [0.25, 0.3) is 5.91 Å². The van der Waals surface area contributed by atoms with Gasteiger partial charge in [-0.2, -0.15) is 0 Å². The second kappa shape index (κ2) is 5.44. The fourth-order valence-corrected chi connectivity index (χ4v) is 2.72. The number of esters is 1. The van der Waals surface area contributed by atoms with Gasteiger partial charge in [0.05, 0.1) is 19.3 Å². The summed E-state index contributed by atoms with van der Waals surface area (Å²) in [5.41, 5.74) is 0.814. The SMILES string of the molecule is COC(=O)c1cc2c(c3cc(Cl)c(CO)cc13)=C[N]C(=O)C=2. The molecule has 0 spiro atoms. The van der Waals surface area contributed by atoms with Crippen LogP contribution in [0.3, 0.4) is 0 Å². The molecule has 22 heavy (non-hydrogen) atoms. The zero-order valence-corrected chi connectivity index (χ0v) is 12.3. The minimum Gasteiger partial charge on any atom is -0.465 e. The first-order chi connectivity index (χ1) is 10.5. The summed E-state index contributed by atoms with van der Waals surface area (Å²) in [6, 6.07) is 4.89. The van der Waals surface area contributed by atoms with Crippen LogP contribution in [0.5, 0.6) is 0 Å². The molecule has 1 radical (unpaired) electrons. The number of halogens is 1. The molecule has 0 saturated carbocycles. The fourth-order valence-electron chi connectivity index (χ4n) is 2.49. The normalized spacial score (nSPS) is 13.0.